The van der Waals surface area contributed by atoms with Crippen LogP contribution in [0.25, 0.3) is 0 Å². The van der Waals surface area contributed by atoms with Crippen LogP contribution < -0.4 is 10.6 Å². The lowest BCUT2D eigenvalue weighted by Crippen LogP contribution is -2.38. The summed E-state index contributed by atoms with van der Waals surface area (Å²) in [7, 11) is 1.85. The predicted octanol–water partition coefficient (Wildman–Crippen LogP) is 2.92. The van der Waals surface area contributed by atoms with Crippen LogP contribution in [0.5, 0.6) is 0 Å². The van der Waals surface area contributed by atoms with E-state index in [0.29, 0.717) is 0 Å². The van der Waals surface area contributed by atoms with Gasteiger partial charge in [-0.25, -0.2) is 0 Å². The van der Waals surface area contributed by atoms with E-state index in [9.17, 15) is 0 Å². The van der Waals surface area contributed by atoms with Crippen LogP contribution in [0.1, 0.15) is 58.3 Å². The van der Waals surface area contributed by atoms with Gasteiger partial charge in [0.2, 0.25) is 0 Å². The molecule has 3 heteroatoms. The van der Waals surface area contributed by atoms with Crippen molar-refractivity contribution in [1.82, 2.24) is 10.6 Å². The summed E-state index contributed by atoms with van der Waals surface area (Å²) in [5.74, 6) is 1.92. The van der Waals surface area contributed by atoms with Crippen molar-refractivity contribution < 1.29 is 0 Å². The highest BCUT2D eigenvalue weighted by Gasteiger charge is 2.12. The van der Waals surface area contributed by atoms with Gasteiger partial charge in [0.25, 0.3) is 0 Å². The largest absolute Gasteiger partial charge is 0.356 e. The average Bonchev–Trinajstić information content (AvgIpc) is 2.38. The molecule has 0 spiro atoms. The number of nitrogens with one attached hydrogen (secondary N) is 2. The first-order valence-corrected chi connectivity index (χ1v) is 7.31. The summed E-state index contributed by atoms with van der Waals surface area (Å²) in [6.45, 7) is 4.30. The van der Waals surface area contributed by atoms with Gasteiger partial charge >= 0.3 is 0 Å². The highest BCUT2D eigenvalue weighted by Crippen LogP contribution is 2.25. The maximum atomic E-state index is 4.24. The smallest absolute Gasteiger partial charge is 0.190 e. The molecular weight excluding hydrogens is 210 g/mol. The number of rotatable bonds is 6. The molecule has 0 aromatic carbocycles. The molecule has 1 aliphatic carbocycles. The third-order valence-electron chi connectivity index (χ3n) is 3.62. The van der Waals surface area contributed by atoms with Gasteiger partial charge in [-0.05, 0) is 18.8 Å². The van der Waals surface area contributed by atoms with Gasteiger partial charge in [-0.15, -0.1) is 0 Å². The highest BCUT2D eigenvalue weighted by molar-refractivity contribution is 5.79. The van der Waals surface area contributed by atoms with Crippen molar-refractivity contribution in [1.29, 1.82) is 0 Å². The molecule has 17 heavy (non-hydrogen) atoms. The molecule has 0 radical (unpaired) electrons. The quantitative estimate of drug-likeness (QED) is 0.425. The van der Waals surface area contributed by atoms with Crippen molar-refractivity contribution in [2.75, 3.05) is 20.1 Å². The van der Waals surface area contributed by atoms with E-state index in [-0.39, 0.29) is 0 Å². The van der Waals surface area contributed by atoms with Crippen LogP contribution in [-0.4, -0.2) is 26.1 Å². The normalized spacial score (nSPS) is 18.1. The molecule has 0 atom stereocenters. The molecule has 1 aliphatic rings. The van der Waals surface area contributed by atoms with E-state index in [4.69, 9.17) is 0 Å². The summed E-state index contributed by atoms with van der Waals surface area (Å²) in [5, 5.41) is 6.76. The van der Waals surface area contributed by atoms with Crippen molar-refractivity contribution in [3.63, 3.8) is 0 Å². The first-order valence-electron chi connectivity index (χ1n) is 7.31. The number of hydrogen-bond acceptors (Lipinski definition) is 1. The Balaban J connectivity index is 2.06. The molecule has 0 amide bonds. The molecule has 0 aromatic rings. The molecule has 0 aliphatic heterocycles. The monoisotopic (exact) mass is 239 g/mol. The molecule has 3 nitrogen and oxygen atoms in total. The van der Waals surface area contributed by atoms with Gasteiger partial charge in [0.1, 0.15) is 0 Å². The zero-order chi connectivity index (χ0) is 12.3. The minimum Gasteiger partial charge on any atom is -0.356 e. The van der Waals surface area contributed by atoms with Gasteiger partial charge in [0.15, 0.2) is 5.96 Å². The molecule has 0 bridgehead atoms. The standard InChI is InChI=1S/C14H29N3/c1-3-4-11-16-14(15-2)17-12-10-13-8-6-5-7-9-13/h13H,3-12H2,1-2H3,(H2,15,16,17). The van der Waals surface area contributed by atoms with E-state index in [1.54, 1.807) is 0 Å². The first kappa shape index (κ1) is 14.3. The topological polar surface area (TPSA) is 36.4 Å². The van der Waals surface area contributed by atoms with Crippen molar-refractivity contribution in [2.24, 2.45) is 10.9 Å². The van der Waals surface area contributed by atoms with E-state index < -0.39 is 0 Å². The Hall–Kier alpha value is -0.730. The summed E-state index contributed by atoms with van der Waals surface area (Å²) in [6.07, 6.45) is 10.9. The number of hydrogen-bond donors (Lipinski definition) is 2. The van der Waals surface area contributed by atoms with Crippen LogP contribution >= 0.6 is 0 Å². The van der Waals surface area contributed by atoms with E-state index >= 15 is 0 Å². The third kappa shape index (κ3) is 6.54. The molecule has 2 N–H and O–H groups in total. The maximum Gasteiger partial charge on any atom is 0.190 e. The van der Waals surface area contributed by atoms with Gasteiger partial charge in [0.05, 0.1) is 0 Å². The molecule has 1 rings (SSSR count). The van der Waals surface area contributed by atoms with Crippen LogP contribution in [0, 0.1) is 5.92 Å². The Kier molecular flexibility index (Phi) is 7.85. The summed E-state index contributed by atoms with van der Waals surface area (Å²) >= 11 is 0. The summed E-state index contributed by atoms with van der Waals surface area (Å²) in [6, 6.07) is 0. The molecular formula is C14H29N3. The Morgan fingerprint density at radius 1 is 1.12 bits per heavy atom. The van der Waals surface area contributed by atoms with Crippen molar-refractivity contribution in [3.8, 4) is 0 Å². The molecule has 1 saturated carbocycles. The van der Waals surface area contributed by atoms with Crippen LogP contribution in [0.4, 0.5) is 0 Å². The van der Waals surface area contributed by atoms with Crippen LogP contribution in [0.15, 0.2) is 4.99 Å². The zero-order valence-electron chi connectivity index (χ0n) is 11.6. The van der Waals surface area contributed by atoms with Gasteiger partial charge in [-0.1, -0.05) is 45.4 Å². The Morgan fingerprint density at radius 2 is 1.82 bits per heavy atom. The SMILES string of the molecule is CCCCNC(=NC)NCCC1CCCCC1. The lowest BCUT2D eigenvalue weighted by Gasteiger charge is -2.22. The fourth-order valence-corrected chi connectivity index (χ4v) is 2.47. The first-order chi connectivity index (χ1) is 8.36. The third-order valence-corrected chi connectivity index (χ3v) is 3.62. The zero-order valence-corrected chi connectivity index (χ0v) is 11.6. The maximum absolute atomic E-state index is 4.24. The molecule has 0 saturated heterocycles. The number of nitrogens with zero attached hydrogens (tertiary/aromatic N) is 1. The summed E-state index contributed by atoms with van der Waals surface area (Å²) in [5.41, 5.74) is 0. The average molecular weight is 239 g/mol. The number of aliphatic imine (C=N–C) groups is 1. The van der Waals surface area contributed by atoms with Crippen LogP contribution in [0.3, 0.4) is 0 Å². The van der Waals surface area contributed by atoms with Crippen LogP contribution in [-0.2, 0) is 0 Å². The lowest BCUT2D eigenvalue weighted by molar-refractivity contribution is 0.339. The van der Waals surface area contributed by atoms with Crippen LogP contribution in [0.2, 0.25) is 0 Å². The van der Waals surface area contributed by atoms with E-state index in [0.717, 1.165) is 25.0 Å². The second-order valence-electron chi connectivity index (χ2n) is 5.07. The number of unbranched alkanes of at least 4 members (excludes halogenated alkanes) is 1. The van der Waals surface area contributed by atoms with Gasteiger partial charge < -0.3 is 10.6 Å². The molecule has 100 valence electrons. The molecule has 0 heterocycles. The fourth-order valence-electron chi connectivity index (χ4n) is 2.47. The summed E-state index contributed by atoms with van der Waals surface area (Å²) in [4.78, 5) is 4.24. The second kappa shape index (κ2) is 9.32. The lowest BCUT2D eigenvalue weighted by atomic mass is 9.87. The summed E-state index contributed by atoms with van der Waals surface area (Å²) < 4.78 is 0. The second-order valence-corrected chi connectivity index (χ2v) is 5.07. The van der Waals surface area contributed by atoms with Gasteiger partial charge in [-0.3, -0.25) is 4.99 Å². The van der Waals surface area contributed by atoms with E-state index in [1.807, 2.05) is 7.05 Å². The number of guanidine groups is 1. The van der Waals surface area contributed by atoms with Crippen molar-refractivity contribution in [2.45, 2.75) is 58.3 Å². The molecule has 0 unspecified atom stereocenters. The minimum absolute atomic E-state index is 0.949. The fraction of sp³-hybridized carbons (Fsp3) is 0.929. The van der Waals surface area contributed by atoms with Crippen molar-refractivity contribution >= 4 is 5.96 Å². The Bertz CT molecular complexity index is 208. The Labute approximate surface area is 106 Å². The van der Waals surface area contributed by atoms with E-state index in [2.05, 4.69) is 22.5 Å². The van der Waals surface area contributed by atoms with Gasteiger partial charge in [0, 0.05) is 20.1 Å². The minimum atomic E-state index is 0.949. The Morgan fingerprint density at radius 3 is 2.47 bits per heavy atom. The molecule has 1 fully saturated rings. The van der Waals surface area contributed by atoms with E-state index in [1.165, 1.54) is 51.4 Å². The molecule has 0 aromatic heterocycles. The predicted molar refractivity (Wildman–Crippen MR) is 75.5 cm³/mol. The van der Waals surface area contributed by atoms with Crippen molar-refractivity contribution in [3.05, 3.63) is 0 Å². The van der Waals surface area contributed by atoms with Gasteiger partial charge in [-0.2, -0.15) is 0 Å². The highest BCUT2D eigenvalue weighted by atomic mass is 15.2.